The smallest absolute Gasteiger partial charge is 0.247 e. The van der Waals surface area contributed by atoms with E-state index in [9.17, 15) is 4.79 Å². The maximum atomic E-state index is 13.2. The van der Waals surface area contributed by atoms with Gasteiger partial charge in [-0.25, -0.2) is 10.4 Å². The fourth-order valence-corrected chi connectivity index (χ4v) is 3.69. The summed E-state index contributed by atoms with van der Waals surface area (Å²) in [5.74, 6) is 0.351. The molecule has 2 aromatic carbocycles. The van der Waals surface area contributed by atoms with Gasteiger partial charge < -0.3 is 15.6 Å². The average molecular weight is 469 g/mol. The molecule has 0 saturated heterocycles. The zero-order valence-corrected chi connectivity index (χ0v) is 20.5. The first-order valence-electron chi connectivity index (χ1n) is 11.8. The minimum Gasteiger partial charge on any atom is -0.318 e. The van der Waals surface area contributed by atoms with Crippen molar-refractivity contribution < 1.29 is 4.79 Å². The number of rotatable bonds is 8. The summed E-state index contributed by atoms with van der Waals surface area (Å²) in [6, 6.07) is 24.4. The van der Waals surface area contributed by atoms with Crippen LogP contribution in [0.5, 0.6) is 0 Å². The Hall–Kier alpha value is -3.99. The van der Waals surface area contributed by atoms with Crippen molar-refractivity contribution in [2.45, 2.75) is 26.3 Å². The third-order valence-electron chi connectivity index (χ3n) is 5.44. The fraction of sp³-hybridized carbons (Fsp3) is 0.250. The number of carbonyl (C=O) groups is 1. The van der Waals surface area contributed by atoms with Gasteiger partial charge in [0, 0.05) is 31.9 Å². The molecule has 0 fully saturated rings. The topological polar surface area (TPSA) is 93.1 Å². The number of nitrogens with one attached hydrogen (secondary N) is 3. The fourth-order valence-electron chi connectivity index (χ4n) is 3.69. The summed E-state index contributed by atoms with van der Waals surface area (Å²) in [5.41, 5.74) is 7.72. The van der Waals surface area contributed by atoms with Gasteiger partial charge in [0.05, 0.1) is 17.3 Å². The predicted octanol–water partition coefficient (Wildman–Crippen LogP) is 4.28. The van der Waals surface area contributed by atoms with Gasteiger partial charge in [0.15, 0.2) is 0 Å². The highest BCUT2D eigenvalue weighted by atomic mass is 16.2. The SMILES string of the molecule is CC.CN1C=C(c2cccc(NC(=O)C(NCCc3ccc(C#N)cc3)c3ccccc3)n2)CN1. The molecule has 35 heavy (non-hydrogen) atoms. The third kappa shape index (κ3) is 7.24. The van der Waals surface area contributed by atoms with E-state index in [0.29, 0.717) is 24.5 Å². The molecular weight excluding hydrogens is 436 g/mol. The van der Waals surface area contributed by atoms with Crippen LogP contribution in [0.4, 0.5) is 5.82 Å². The molecule has 0 radical (unpaired) electrons. The molecule has 7 heteroatoms. The number of nitrogens with zero attached hydrogens (tertiary/aromatic N) is 3. The van der Waals surface area contributed by atoms with E-state index in [0.717, 1.165) is 28.8 Å². The average Bonchev–Trinajstić information content (AvgIpc) is 3.35. The van der Waals surface area contributed by atoms with E-state index < -0.39 is 6.04 Å². The van der Waals surface area contributed by atoms with Crippen molar-refractivity contribution in [3.63, 3.8) is 0 Å². The first-order chi connectivity index (χ1) is 17.1. The number of hydrogen-bond acceptors (Lipinski definition) is 6. The van der Waals surface area contributed by atoms with Crippen LogP contribution >= 0.6 is 0 Å². The van der Waals surface area contributed by atoms with Gasteiger partial charge in [0.2, 0.25) is 5.91 Å². The van der Waals surface area contributed by atoms with Crippen molar-refractivity contribution in [3.05, 3.63) is 101 Å². The van der Waals surface area contributed by atoms with Crippen molar-refractivity contribution in [1.82, 2.24) is 20.7 Å². The number of carbonyl (C=O) groups excluding carboxylic acids is 1. The van der Waals surface area contributed by atoms with Crippen LogP contribution in [0, 0.1) is 11.3 Å². The molecule has 3 N–H and O–H groups in total. The number of hydrogen-bond donors (Lipinski definition) is 3. The van der Waals surface area contributed by atoms with Gasteiger partial charge in [-0.15, -0.1) is 0 Å². The van der Waals surface area contributed by atoms with Gasteiger partial charge in [-0.3, -0.25) is 4.79 Å². The summed E-state index contributed by atoms with van der Waals surface area (Å²) in [7, 11) is 1.94. The van der Waals surface area contributed by atoms with Crippen molar-refractivity contribution in [2.24, 2.45) is 0 Å². The van der Waals surface area contributed by atoms with Gasteiger partial charge in [0.1, 0.15) is 11.9 Å². The van der Waals surface area contributed by atoms with E-state index in [-0.39, 0.29) is 5.91 Å². The number of amides is 1. The Bertz CT molecular complexity index is 1170. The molecule has 0 bridgehead atoms. The van der Waals surface area contributed by atoms with Gasteiger partial charge in [-0.1, -0.05) is 62.4 Å². The molecule has 0 spiro atoms. The largest absolute Gasteiger partial charge is 0.318 e. The molecule has 4 rings (SSSR count). The van der Waals surface area contributed by atoms with Crippen LogP contribution in [-0.2, 0) is 11.2 Å². The minimum absolute atomic E-state index is 0.165. The molecule has 1 atom stereocenters. The Labute approximate surface area is 207 Å². The maximum absolute atomic E-state index is 13.2. The zero-order chi connectivity index (χ0) is 25.0. The first-order valence-corrected chi connectivity index (χ1v) is 11.8. The Kier molecular flexibility index (Phi) is 9.55. The standard InChI is InChI=1S/C26H26N6O.C2H6/c1-32-18-22(17-29-32)23-8-5-9-24(30-23)31-26(33)25(21-6-3-2-4-7-21)28-15-14-19-10-12-20(16-27)13-11-19;1-2/h2-13,18,25,28-29H,14-15,17H2,1H3,(H,30,31,33);1-2H3. The summed E-state index contributed by atoms with van der Waals surface area (Å²) in [4.78, 5) is 17.9. The molecule has 7 nitrogen and oxygen atoms in total. The molecule has 1 aliphatic heterocycles. The van der Waals surface area contributed by atoms with Crippen LogP contribution in [0.15, 0.2) is 79.0 Å². The molecule has 2 heterocycles. The number of aromatic nitrogens is 1. The van der Waals surface area contributed by atoms with Gasteiger partial charge in [-0.2, -0.15) is 5.26 Å². The summed E-state index contributed by atoms with van der Waals surface area (Å²) >= 11 is 0. The summed E-state index contributed by atoms with van der Waals surface area (Å²) in [6.07, 6.45) is 2.73. The highest BCUT2D eigenvalue weighted by Crippen LogP contribution is 2.19. The van der Waals surface area contributed by atoms with Gasteiger partial charge >= 0.3 is 0 Å². The van der Waals surface area contributed by atoms with Crippen LogP contribution < -0.4 is 16.1 Å². The van der Waals surface area contributed by atoms with E-state index in [4.69, 9.17) is 5.26 Å². The third-order valence-corrected chi connectivity index (χ3v) is 5.44. The predicted molar refractivity (Wildman–Crippen MR) is 140 cm³/mol. The number of anilines is 1. The summed E-state index contributed by atoms with van der Waals surface area (Å²) in [5, 5.41) is 17.2. The van der Waals surface area contributed by atoms with Gasteiger partial charge in [0.25, 0.3) is 0 Å². The normalized spacial score (nSPS) is 13.2. The van der Waals surface area contributed by atoms with E-state index >= 15 is 0 Å². The molecular formula is C28H32N6O. The van der Waals surface area contributed by atoms with Crippen molar-refractivity contribution in [2.75, 3.05) is 25.5 Å². The highest BCUT2D eigenvalue weighted by molar-refractivity contribution is 5.95. The second-order valence-corrected chi connectivity index (χ2v) is 7.85. The Morgan fingerprint density at radius 2 is 1.83 bits per heavy atom. The van der Waals surface area contributed by atoms with Crippen molar-refractivity contribution in [3.8, 4) is 6.07 Å². The van der Waals surface area contributed by atoms with Crippen LogP contribution in [0.25, 0.3) is 5.57 Å². The zero-order valence-electron chi connectivity index (χ0n) is 20.5. The quantitative estimate of drug-likeness (QED) is 0.457. The molecule has 0 saturated carbocycles. The number of pyridine rings is 1. The Morgan fingerprint density at radius 3 is 2.49 bits per heavy atom. The lowest BCUT2D eigenvalue weighted by molar-refractivity contribution is -0.118. The Balaban J connectivity index is 0.00000167. The second kappa shape index (κ2) is 13.0. The van der Waals surface area contributed by atoms with Crippen molar-refractivity contribution in [1.29, 1.82) is 5.26 Å². The molecule has 1 unspecified atom stereocenters. The number of nitriles is 1. The molecule has 0 aliphatic carbocycles. The van der Waals surface area contributed by atoms with Crippen molar-refractivity contribution >= 4 is 17.3 Å². The van der Waals surface area contributed by atoms with Gasteiger partial charge in [-0.05, 0) is 41.8 Å². The number of benzene rings is 2. The monoisotopic (exact) mass is 468 g/mol. The maximum Gasteiger partial charge on any atom is 0.247 e. The summed E-state index contributed by atoms with van der Waals surface area (Å²) < 4.78 is 0. The van der Waals surface area contributed by atoms with Crippen LogP contribution in [-0.4, -0.2) is 36.0 Å². The van der Waals surface area contributed by atoms with E-state index in [1.165, 1.54) is 0 Å². The molecule has 180 valence electrons. The molecule has 1 aromatic heterocycles. The van der Waals surface area contributed by atoms with E-state index in [2.05, 4.69) is 27.1 Å². The van der Waals surface area contributed by atoms with Crippen LogP contribution in [0.2, 0.25) is 0 Å². The van der Waals surface area contributed by atoms with Crippen LogP contribution in [0.1, 0.15) is 42.3 Å². The molecule has 1 amide bonds. The van der Waals surface area contributed by atoms with E-state index in [1.54, 1.807) is 6.07 Å². The van der Waals surface area contributed by atoms with Crippen LogP contribution in [0.3, 0.4) is 0 Å². The second-order valence-electron chi connectivity index (χ2n) is 7.85. The lowest BCUT2D eigenvalue weighted by Crippen LogP contribution is -2.34. The lowest BCUT2D eigenvalue weighted by Gasteiger charge is -2.19. The molecule has 1 aliphatic rings. The molecule has 3 aromatic rings. The van der Waals surface area contributed by atoms with E-state index in [1.807, 2.05) is 98.8 Å². The summed E-state index contributed by atoms with van der Waals surface area (Å²) in [6.45, 7) is 5.31. The lowest BCUT2D eigenvalue weighted by atomic mass is 10.0. The Morgan fingerprint density at radius 1 is 1.09 bits per heavy atom. The highest BCUT2D eigenvalue weighted by Gasteiger charge is 2.21. The number of hydrazine groups is 1. The minimum atomic E-state index is -0.520. The first kappa shape index (κ1) is 25.6.